The van der Waals surface area contributed by atoms with Crippen molar-refractivity contribution in [3.63, 3.8) is 0 Å². The van der Waals surface area contributed by atoms with Crippen LogP contribution in [0.15, 0.2) is 36.4 Å². The summed E-state index contributed by atoms with van der Waals surface area (Å²) in [7, 11) is 0. The number of nitrogens with one attached hydrogen (secondary N) is 1. The number of aryl methyl sites for hydroxylation is 1. The number of carbonyl (C=O) groups is 3. The number of amides is 3. The molecular formula is C24H29N5O3. The molecule has 0 bridgehead atoms. The van der Waals surface area contributed by atoms with Gasteiger partial charge in [-0.15, -0.1) is 0 Å². The molecule has 1 N–H and O–H groups in total. The molecule has 168 valence electrons. The third-order valence-electron chi connectivity index (χ3n) is 6.51. The highest BCUT2D eigenvalue weighted by atomic mass is 16.2. The zero-order valence-corrected chi connectivity index (χ0v) is 18.2. The van der Waals surface area contributed by atoms with Gasteiger partial charge >= 0.3 is 0 Å². The smallest absolute Gasteiger partial charge is 0.275 e. The highest BCUT2D eigenvalue weighted by Gasteiger charge is 2.37. The van der Waals surface area contributed by atoms with Crippen molar-refractivity contribution in [3.8, 4) is 0 Å². The van der Waals surface area contributed by atoms with E-state index in [9.17, 15) is 14.4 Å². The number of carbonyl (C=O) groups excluding carboxylic acids is 3. The van der Waals surface area contributed by atoms with Crippen LogP contribution >= 0.6 is 0 Å². The minimum atomic E-state index is -0.455. The van der Waals surface area contributed by atoms with E-state index in [0.29, 0.717) is 38.3 Å². The highest BCUT2D eigenvalue weighted by Crippen LogP contribution is 2.24. The summed E-state index contributed by atoms with van der Waals surface area (Å²) in [5.74, 6) is -0.436. The van der Waals surface area contributed by atoms with Gasteiger partial charge in [-0.25, -0.2) is 0 Å². The van der Waals surface area contributed by atoms with E-state index in [-0.39, 0.29) is 29.5 Å². The van der Waals surface area contributed by atoms with Gasteiger partial charge in [0.2, 0.25) is 5.91 Å². The van der Waals surface area contributed by atoms with Crippen molar-refractivity contribution in [2.75, 3.05) is 13.1 Å². The average Bonchev–Trinajstić information content (AvgIpc) is 3.56. The minimum Gasteiger partial charge on any atom is -0.352 e. The lowest BCUT2D eigenvalue weighted by Gasteiger charge is -2.34. The van der Waals surface area contributed by atoms with Crippen LogP contribution in [0.3, 0.4) is 0 Å². The molecule has 0 spiro atoms. The van der Waals surface area contributed by atoms with Crippen molar-refractivity contribution in [2.24, 2.45) is 0 Å². The Bertz CT molecular complexity index is 1010. The molecule has 1 atom stereocenters. The Balaban J connectivity index is 1.34. The number of piperidine rings is 1. The van der Waals surface area contributed by atoms with Crippen molar-refractivity contribution >= 4 is 17.7 Å². The number of nitrogens with zero attached hydrogens (tertiary/aromatic N) is 4. The zero-order chi connectivity index (χ0) is 22.1. The van der Waals surface area contributed by atoms with E-state index >= 15 is 0 Å². The van der Waals surface area contributed by atoms with Gasteiger partial charge in [0, 0.05) is 38.3 Å². The first-order valence-corrected chi connectivity index (χ1v) is 11.6. The van der Waals surface area contributed by atoms with Crippen LogP contribution in [0, 0.1) is 0 Å². The van der Waals surface area contributed by atoms with Crippen molar-refractivity contribution in [1.29, 1.82) is 0 Å². The van der Waals surface area contributed by atoms with Crippen molar-refractivity contribution in [3.05, 3.63) is 53.3 Å². The molecule has 3 heterocycles. The van der Waals surface area contributed by atoms with E-state index < -0.39 is 6.04 Å². The summed E-state index contributed by atoms with van der Waals surface area (Å²) in [6.45, 7) is 2.31. The largest absolute Gasteiger partial charge is 0.352 e. The molecule has 0 radical (unpaired) electrons. The molecule has 2 aromatic rings. The van der Waals surface area contributed by atoms with Gasteiger partial charge in [-0.1, -0.05) is 30.3 Å². The van der Waals surface area contributed by atoms with Crippen LogP contribution in [-0.4, -0.2) is 62.5 Å². The summed E-state index contributed by atoms with van der Waals surface area (Å²) in [4.78, 5) is 42.8. The van der Waals surface area contributed by atoms with Crippen LogP contribution in [0.2, 0.25) is 0 Å². The van der Waals surface area contributed by atoms with Crippen molar-refractivity contribution in [2.45, 2.75) is 63.7 Å². The van der Waals surface area contributed by atoms with E-state index in [4.69, 9.17) is 0 Å². The fraction of sp³-hybridized carbons (Fsp3) is 0.500. The van der Waals surface area contributed by atoms with E-state index in [1.165, 1.54) is 0 Å². The summed E-state index contributed by atoms with van der Waals surface area (Å²) in [5.41, 5.74) is 1.77. The van der Waals surface area contributed by atoms with Crippen molar-refractivity contribution in [1.82, 2.24) is 24.9 Å². The molecule has 2 fully saturated rings. The Morgan fingerprint density at radius 2 is 1.81 bits per heavy atom. The zero-order valence-electron chi connectivity index (χ0n) is 18.2. The molecule has 3 amide bonds. The Hall–Kier alpha value is -3.16. The predicted molar refractivity (Wildman–Crippen MR) is 118 cm³/mol. The molecule has 8 heteroatoms. The molecule has 1 saturated carbocycles. The number of hydrogen-bond acceptors (Lipinski definition) is 4. The van der Waals surface area contributed by atoms with Gasteiger partial charge in [0.15, 0.2) is 5.69 Å². The van der Waals surface area contributed by atoms with Gasteiger partial charge in [0.25, 0.3) is 11.8 Å². The van der Waals surface area contributed by atoms with Crippen LogP contribution in [0.5, 0.6) is 0 Å². The average molecular weight is 436 g/mol. The summed E-state index contributed by atoms with van der Waals surface area (Å²) >= 11 is 0. The third-order valence-corrected chi connectivity index (χ3v) is 6.51. The number of likely N-dealkylation sites (tertiary alicyclic amines) is 1. The predicted octanol–water partition coefficient (Wildman–Crippen LogP) is 2.20. The second-order valence-corrected chi connectivity index (χ2v) is 9.00. The monoisotopic (exact) mass is 435 g/mol. The molecule has 1 aromatic carbocycles. The van der Waals surface area contributed by atoms with Gasteiger partial charge in [0.1, 0.15) is 11.7 Å². The fourth-order valence-electron chi connectivity index (χ4n) is 4.61. The van der Waals surface area contributed by atoms with Crippen LogP contribution in [-0.2, 0) is 17.9 Å². The molecule has 1 aliphatic carbocycles. The number of benzene rings is 1. The Morgan fingerprint density at radius 1 is 1.00 bits per heavy atom. The Kier molecular flexibility index (Phi) is 5.68. The molecule has 32 heavy (non-hydrogen) atoms. The summed E-state index contributed by atoms with van der Waals surface area (Å²) in [6.07, 6.45) is 5.28. The molecule has 2 aliphatic heterocycles. The molecular weight excluding hydrogens is 406 g/mol. The fourth-order valence-corrected chi connectivity index (χ4v) is 4.61. The van der Waals surface area contributed by atoms with Gasteiger partial charge in [-0.05, 0) is 44.1 Å². The second-order valence-electron chi connectivity index (χ2n) is 9.00. The molecule has 1 unspecified atom stereocenters. The maximum Gasteiger partial charge on any atom is 0.275 e. The first-order chi connectivity index (χ1) is 15.6. The van der Waals surface area contributed by atoms with Crippen molar-refractivity contribution < 1.29 is 14.4 Å². The quantitative estimate of drug-likeness (QED) is 0.780. The number of aromatic nitrogens is 2. The van der Waals surface area contributed by atoms with E-state index in [2.05, 4.69) is 10.4 Å². The van der Waals surface area contributed by atoms with Crippen LogP contribution in [0.1, 0.15) is 65.1 Å². The van der Waals surface area contributed by atoms with Crippen LogP contribution < -0.4 is 5.32 Å². The lowest BCUT2D eigenvalue weighted by molar-refractivity contribution is -0.126. The van der Waals surface area contributed by atoms with Crippen LogP contribution in [0.25, 0.3) is 0 Å². The minimum absolute atomic E-state index is 0.0635. The van der Waals surface area contributed by atoms with E-state index in [0.717, 1.165) is 37.7 Å². The molecule has 3 aliphatic rings. The molecule has 8 nitrogen and oxygen atoms in total. The maximum absolute atomic E-state index is 13.3. The summed E-state index contributed by atoms with van der Waals surface area (Å²) in [6, 6.07) is 11.3. The normalized spacial score (nSPS) is 21.1. The van der Waals surface area contributed by atoms with Gasteiger partial charge in [0.05, 0.1) is 0 Å². The maximum atomic E-state index is 13.3. The van der Waals surface area contributed by atoms with E-state index in [1.807, 2.05) is 35.2 Å². The third kappa shape index (κ3) is 4.26. The number of rotatable bonds is 5. The molecule has 1 aromatic heterocycles. The standard InChI is InChI=1S/C24H29N5O3/c30-22(25-18-10-11-18)20-9-4-5-13-28(20)23(31)19-15-21-24(32)27(12-6-14-29(21)26-19)16-17-7-2-1-3-8-17/h1-3,7-8,15,18,20H,4-6,9-14,16H2,(H,25,30). The van der Waals surface area contributed by atoms with Gasteiger partial charge < -0.3 is 15.1 Å². The first kappa shape index (κ1) is 20.7. The molecule has 1 saturated heterocycles. The van der Waals surface area contributed by atoms with Crippen LogP contribution in [0.4, 0.5) is 0 Å². The highest BCUT2D eigenvalue weighted by molar-refractivity contribution is 5.99. The van der Waals surface area contributed by atoms with E-state index in [1.54, 1.807) is 15.6 Å². The second kappa shape index (κ2) is 8.76. The lowest BCUT2D eigenvalue weighted by atomic mass is 10.0. The van der Waals surface area contributed by atoms with Gasteiger partial charge in [-0.3, -0.25) is 19.1 Å². The lowest BCUT2D eigenvalue weighted by Crippen LogP contribution is -2.52. The number of hydrogen-bond donors (Lipinski definition) is 1. The Morgan fingerprint density at radius 3 is 2.59 bits per heavy atom. The molecule has 5 rings (SSSR count). The SMILES string of the molecule is O=C(NC1CC1)C1CCCCN1C(=O)c1cc2n(n1)CCCN(Cc1ccccc1)C2=O. The Labute approximate surface area is 187 Å². The number of fused-ring (bicyclic) bond motifs is 1. The summed E-state index contributed by atoms with van der Waals surface area (Å²) < 4.78 is 1.66. The first-order valence-electron chi connectivity index (χ1n) is 11.6. The summed E-state index contributed by atoms with van der Waals surface area (Å²) in [5, 5.41) is 7.52. The van der Waals surface area contributed by atoms with Gasteiger partial charge in [-0.2, -0.15) is 5.10 Å². The topological polar surface area (TPSA) is 87.5 Å².